The van der Waals surface area contributed by atoms with Crippen molar-refractivity contribution in [1.82, 2.24) is 0 Å². The summed E-state index contributed by atoms with van der Waals surface area (Å²) in [4.78, 5) is 24.4. The number of rotatable bonds is 7. The number of alkyl halides is 3. The second-order valence-electron chi connectivity index (χ2n) is 8.50. The van der Waals surface area contributed by atoms with Crippen molar-refractivity contribution in [2.75, 3.05) is 17.2 Å². The van der Waals surface area contributed by atoms with Gasteiger partial charge in [0.05, 0.1) is 12.2 Å². The maximum atomic E-state index is 13.1. The predicted octanol–water partition coefficient (Wildman–Crippen LogP) is 5.59. The molecule has 0 aliphatic carbocycles. The first kappa shape index (κ1) is 26.7. The van der Waals surface area contributed by atoms with Crippen LogP contribution in [0.15, 0.2) is 85.0 Å². The van der Waals surface area contributed by atoms with Crippen molar-refractivity contribution in [3.63, 3.8) is 0 Å². The minimum absolute atomic E-state index is 0.0665. The Hall–Kier alpha value is -4.37. The van der Waals surface area contributed by atoms with E-state index in [4.69, 9.17) is 4.74 Å². The van der Waals surface area contributed by atoms with E-state index >= 15 is 0 Å². The summed E-state index contributed by atoms with van der Waals surface area (Å²) < 4.78 is 44.6. The Morgan fingerprint density at radius 2 is 1.74 bits per heavy atom. The molecule has 0 saturated carbocycles. The molecular weight excluding hydrogens is 497 g/mol. The average molecular weight is 523 g/mol. The van der Waals surface area contributed by atoms with Crippen molar-refractivity contribution in [2.45, 2.75) is 25.6 Å². The molecule has 3 aromatic rings. The third-order valence-electron chi connectivity index (χ3n) is 5.90. The van der Waals surface area contributed by atoms with E-state index in [1.54, 1.807) is 48.5 Å². The number of hydrogen-bond donors (Lipinski definition) is 3. The van der Waals surface area contributed by atoms with Gasteiger partial charge in [-0.2, -0.15) is 13.2 Å². The summed E-state index contributed by atoms with van der Waals surface area (Å²) in [5.74, 6) is -0.305. The highest BCUT2D eigenvalue weighted by molar-refractivity contribution is 6.03. The van der Waals surface area contributed by atoms with Crippen molar-refractivity contribution in [1.29, 1.82) is 0 Å². The first-order valence-corrected chi connectivity index (χ1v) is 11.9. The fourth-order valence-corrected chi connectivity index (χ4v) is 4.04. The predicted molar refractivity (Wildman–Crippen MR) is 139 cm³/mol. The molecule has 1 unspecified atom stereocenters. The molecular formula is C29H25F3N2O4. The molecule has 3 aromatic carbocycles. The summed E-state index contributed by atoms with van der Waals surface area (Å²) in [6.07, 6.45) is -1.16. The Kier molecular flexibility index (Phi) is 7.97. The number of fused-ring (bicyclic) bond motifs is 1. The summed E-state index contributed by atoms with van der Waals surface area (Å²) in [5.41, 5.74) is 2.69. The molecule has 1 aliphatic heterocycles. The minimum Gasteiger partial charge on any atom is -0.494 e. The van der Waals surface area contributed by atoms with Crippen molar-refractivity contribution in [3.8, 4) is 5.75 Å². The number of nitrogens with one attached hydrogen (secondary N) is 2. The van der Waals surface area contributed by atoms with Crippen LogP contribution in [0, 0.1) is 0 Å². The van der Waals surface area contributed by atoms with Gasteiger partial charge in [-0.15, -0.1) is 0 Å². The van der Waals surface area contributed by atoms with Crippen LogP contribution in [0.5, 0.6) is 5.75 Å². The maximum absolute atomic E-state index is 13.1. The SMILES string of the molecule is CCOc1ccc(/C(=C/C=C/C(=O)Nc2cccc3c2CC(O)C(=O)N3)c2ccc(C(F)(F)F)cc2)cc1. The number of aliphatic hydroxyl groups is 1. The van der Waals surface area contributed by atoms with E-state index in [1.807, 2.05) is 6.92 Å². The average Bonchev–Trinajstić information content (AvgIpc) is 2.88. The van der Waals surface area contributed by atoms with Gasteiger partial charge in [-0.1, -0.05) is 42.5 Å². The molecule has 3 N–H and O–H groups in total. The molecule has 2 amide bonds. The van der Waals surface area contributed by atoms with E-state index in [0.717, 1.165) is 17.7 Å². The lowest BCUT2D eigenvalue weighted by atomic mass is 9.96. The first-order valence-electron chi connectivity index (χ1n) is 11.9. The van der Waals surface area contributed by atoms with E-state index in [-0.39, 0.29) is 6.42 Å². The molecule has 1 aliphatic rings. The van der Waals surface area contributed by atoms with Gasteiger partial charge in [-0.05, 0) is 60.0 Å². The lowest BCUT2D eigenvalue weighted by molar-refractivity contribution is -0.137. The van der Waals surface area contributed by atoms with E-state index in [2.05, 4.69) is 10.6 Å². The van der Waals surface area contributed by atoms with Gasteiger partial charge in [0.2, 0.25) is 5.91 Å². The van der Waals surface area contributed by atoms with Crippen LogP contribution in [0.2, 0.25) is 0 Å². The van der Waals surface area contributed by atoms with E-state index in [9.17, 15) is 27.9 Å². The zero-order chi connectivity index (χ0) is 27.3. The van der Waals surface area contributed by atoms with Gasteiger partial charge in [0.25, 0.3) is 5.91 Å². The smallest absolute Gasteiger partial charge is 0.416 e. The van der Waals surface area contributed by atoms with Crippen LogP contribution in [0.3, 0.4) is 0 Å². The summed E-state index contributed by atoms with van der Waals surface area (Å²) >= 11 is 0. The molecule has 1 heterocycles. The number of amides is 2. The van der Waals surface area contributed by atoms with Crippen LogP contribution in [-0.4, -0.2) is 29.6 Å². The number of anilines is 2. The van der Waals surface area contributed by atoms with Crippen molar-refractivity contribution >= 4 is 28.8 Å². The molecule has 6 nitrogen and oxygen atoms in total. The molecule has 0 aromatic heterocycles. The Morgan fingerprint density at radius 3 is 2.37 bits per heavy atom. The van der Waals surface area contributed by atoms with Crippen LogP contribution < -0.4 is 15.4 Å². The molecule has 0 spiro atoms. The molecule has 9 heteroatoms. The minimum atomic E-state index is -4.45. The highest BCUT2D eigenvalue weighted by atomic mass is 19.4. The zero-order valence-electron chi connectivity index (χ0n) is 20.4. The number of ether oxygens (including phenoxy) is 1. The van der Waals surface area contributed by atoms with Gasteiger partial charge in [0.15, 0.2) is 0 Å². The summed E-state index contributed by atoms with van der Waals surface area (Å²) in [6.45, 7) is 2.36. The van der Waals surface area contributed by atoms with Gasteiger partial charge < -0.3 is 20.5 Å². The van der Waals surface area contributed by atoms with Gasteiger partial charge in [-0.3, -0.25) is 9.59 Å². The lowest BCUT2D eigenvalue weighted by Crippen LogP contribution is -2.34. The second-order valence-corrected chi connectivity index (χ2v) is 8.50. The van der Waals surface area contributed by atoms with E-state index in [1.165, 1.54) is 24.3 Å². The van der Waals surface area contributed by atoms with Crippen LogP contribution >= 0.6 is 0 Å². The van der Waals surface area contributed by atoms with Crippen LogP contribution in [0.1, 0.15) is 29.2 Å². The molecule has 0 bridgehead atoms. The van der Waals surface area contributed by atoms with E-state index < -0.39 is 29.7 Å². The number of carbonyl (C=O) groups is 2. The standard InChI is InChI=1S/C29H25F3N2O4/c1-2-38-21-15-11-19(12-16-21)22(18-9-13-20(14-10-18)29(30,31)32)5-3-8-27(36)33-24-6-4-7-25-23(24)17-26(35)28(37)34-25/h3-16,26,35H,2,17H2,1H3,(H,33,36)(H,34,37)/b8-3+,22-5+. The monoisotopic (exact) mass is 522 g/mol. The molecule has 4 rings (SSSR count). The third kappa shape index (κ3) is 6.30. The zero-order valence-corrected chi connectivity index (χ0v) is 20.4. The fraction of sp³-hybridized carbons (Fsp3) is 0.172. The lowest BCUT2D eigenvalue weighted by Gasteiger charge is -2.23. The van der Waals surface area contributed by atoms with Crippen molar-refractivity contribution in [3.05, 3.63) is 107 Å². The fourth-order valence-electron chi connectivity index (χ4n) is 4.04. The number of benzene rings is 3. The Labute approximate surface area is 217 Å². The largest absolute Gasteiger partial charge is 0.494 e. The van der Waals surface area contributed by atoms with Crippen LogP contribution in [0.4, 0.5) is 24.5 Å². The highest BCUT2D eigenvalue weighted by Crippen LogP contribution is 2.32. The number of aliphatic hydroxyl groups excluding tert-OH is 1. The van der Waals surface area contributed by atoms with Gasteiger partial charge >= 0.3 is 6.18 Å². The Bertz CT molecular complexity index is 1380. The quantitative estimate of drug-likeness (QED) is 0.279. The summed E-state index contributed by atoms with van der Waals surface area (Å²) in [7, 11) is 0. The topological polar surface area (TPSA) is 87.7 Å². The molecule has 196 valence electrons. The molecule has 0 radical (unpaired) electrons. The third-order valence-corrected chi connectivity index (χ3v) is 5.90. The summed E-state index contributed by atoms with van der Waals surface area (Å²) in [5, 5.41) is 15.2. The summed E-state index contributed by atoms with van der Waals surface area (Å²) in [6, 6.07) is 16.9. The normalized spacial score (nSPS) is 15.7. The van der Waals surface area contributed by atoms with Gasteiger partial charge in [0, 0.05) is 29.4 Å². The maximum Gasteiger partial charge on any atom is 0.416 e. The Morgan fingerprint density at radius 1 is 1.08 bits per heavy atom. The Balaban J connectivity index is 1.59. The highest BCUT2D eigenvalue weighted by Gasteiger charge is 2.30. The van der Waals surface area contributed by atoms with Crippen molar-refractivity contribution < 1.29 is 32.6 Å². The van der Waals surface area contributed by atoms with Crippen LogP contribution in [-0.2, 0) is 22.2 Å². The first-order chi connectivity index (χ1) is 18.2. The molecule has 38 heavy (non-hydrogen) atoms. The molecule has 0 saturated heterocycles. The van der Waals surface area contributed by atoms with E-state index in [0.29, 0.717) is 40.4 Å². The number of allylic oxidation sites excluding steroid dienone is 2. The molecule has 1 atom stereocenters. The van der Waals surface area contributed by atoms with Crippen LogP contribution in [0.25, 0.3) is 5.57 Å². The number of halogens is 3. The number of hydrogen-bond acceptors (Lipinski definition) is 4. The van der Waals surface area contributed by atoms with Gasteiger partial charge in [-0.25, -0.2) is 0 Å². The molecule has 0 fully saturated rings. The van der Waals surface area contributed by atoms with Crippen molar-refractivity contribution in [2.24, 2.45) is 0 Å². The second kappa shape index (κ2) is 11.4. The van der Waals surface area contributed by atoms with Gasteiger partial charge in [0.1, 0.15) is 11.9 Å². The number of carbonyl (C=O) groups excluding carboxylic acids is 2.